The van der Waals surface area contributed by atoms with Crippen molar-refractivity contribution in [3.63, 3.8) is 0 Å². The lowest BCUT2D eigenvalue weighted by atomic mass is 9.93. The first-order valence-electron chi connectivity index (χ1n) is 6.15. The van der Waals surface area contributed by atoms with E-state index in [4.69, 9.17) is 21.1 Å². The number of ketones is 1. The monoisotopic (exact) mass is 268 g/mol. The van der Waals surface area contributed by atoms with Crippen molar-refractivity contribution < 1.29 is 14.3 Å². The minimum Gasteiger partial charge on any atom is -0.489 e. The average Bonchev–Trinajstić information content (AvgIpc) is 2.51. The van der Waals surface area contributed by atoms with Crippen molar-refractivity contribution >= 4 is 17.4 Å². The van der Waals surface area contributed by atoms with Gasteiger partial charge in [-0.3, -0.25) is 4.79 Å². The van der Waals surface area contributed by atoms with Crippen LogP contribution in [0.1, 0.15) is 49.0 Å². The van der Waals surface area contributed by atoms with Crippen molar-refractivity contribution in [3.05, 3.63) is 22.2 Å². The smallest absolute Gasteiger partial charge is 0.165 e. The second-order valence-electron chi connectivity index (χ2n) is 4.74. The molecule has 0 amide bonds. The second-order valence-corrected chi connectivity index (χ2v) is 5.14. The predicted octanol–water partition coefficient (Wildman–Crippen LogP) is 3.83. The van der Waals surface area contributed by atoms with Gasteiger partial charge in [0.2, 0.25) is 0 Å². The summed E-state index contributed by atoms with van der Waals surface area (Å²) in [6, 6.07) is 1.69. The highest BCUT2D eigenvalue weighted by atomic mass is 35.5. The Balaban J connectivity index is 2.69. The van der Waals surface area contributed by atoms with E-state index in [1.807, 2.05) is 13.8 Å². The molecular formula is C14H17ClO3. The molecule has 1 aliphatic rings. The van der Waals surface area contributed by atoms with Crippen LogP contribution >= 0.6 is 11.6 Å². The highest BCUT2D eigenvalue weighted by molar-refractivity contribution is 6.34. The summed E-state index contributed by atoms with van der Waals surface area (Å²) in [5.74, 6) is 1.43. The van der Waals surface area contributed by atoms with Crippen molar-refractivity contribution in [1.29, 1.82) is 0 Å². The Morgan fingerprint density at radius 2 is 2.00 bits per heavy atom. The summed E-state index contributed by atoms with van der Waals surface area (Å²) in [7, 11) is 0. The van der Waals surface area contributed by atoms with Gasteiger partial charge in [-0.05, 0) is 12.8 Å². The maximum Gasteiger partial charge on any atom is 0.165 e. The van der Waals surface area contributed by atoms with Crippen molar-refractivity contribution in [2.45, 2.75) is 33.1 Å². The Bertz CT molecular complexity index is 480. The fourth-order valence-corrected chi connectivity index (χ4v) is 2.54. The molecule has 1 heterocycles. The standard InChI is InChI=1S/C14H17ClO3/c1-8(2)12-13(9(3)16)10(15)7-11-14(12)18-6-4-5-17-11/h7-8H,4-6H2,1-3H3. The van der Waals surface area contributed by atoms with Crippen molar-refractivity contribution in [1.82, 2.24) is 0 Å². The molecule has 2 rings (SSSR count). The average molecular weight is 269 g/mol. The first-order chi connectivity index (χ1) is 8.52. The van der Waals surface area contributed by atoms with Crippen LogP contribution < -0.4 is 9.47 Å². The zero-order valence-electron chi connectivity index (χ0n) is 10.9. The molecule has 0 fully saturated rings. The predicted molar refractivity (Wildman–Crippen MR) is 71.2 cm³/mol. The third-order valence-electron chi connectivity index (χ3n) is 2.96. The van der Waals surface area contributed by atoms with Gasteiger partial charge in [0.05, 0.1) is 18.2 Å². The molecule has 1 aromatic carbocycles. The molecule has 0 saturated carbocycles. The van der Waals surface area contributed by atoms with Crippen molar-refractivity contribution in [3.8, 4) is 11.5 Å². The van der Waals surface area contributed by atoms with E-state index in [0.29, 0.717) is 35.3 Å². The molecule has 3 nitrogen and oxygen atoms in total. The number of benzene rings is 1. The van der Waals surface area contributed by atoms with E-state index < -0.39 is 0 Å². The summed E-state index contributed by atoms with van der Waals surface area (Å²) < 4.78 is 11.4. The Morgan fingerprint density at radius 1 is 1.33 bits per heavy atom. The van der Waals surface area contributed by atoms with E-state index in [9.17, 15) is 4.79 Å². The highest BCUT2D eigenvalue weighted by Crippen LogP contribution is 2.43. The molecule has 1 aromatic rings. The third-order valence-corrected chi connectivity index (χ3v) is 3.25. The molecule has 0 N–H and O–H groups in total. The lowest BCUT2D eigenvalue weighted by molar-refractivity contribution is 0.101. The van der Waals surface area contributed by atoms with Crippen LogP contribution in [0.5, 0.6) is 11.5 Å². The Hall–Kier alpha value is -1.22. The first kappa shape index (κ1) is 13.2. The number of carbonyl (C=O) groups excluding carboxylic acids is 1. The molecule has 0 aromatic heterocycles. The third kappa shape index (κ3) is 2.32. The molecule has 0 saturated heterocycles. The summed E-state index contributed by atoms with van der Waals surface area (Å²) >= 11 is 6.20. The topological polar surface area (TPSA) is 35.5 Å². The molecule has 1 aliphatic heterocycles. The minimum atomic E-state index is -0.0423. The fraction of sp³-hybridized carbons (Fsp3) is 0.500. The molecule has 0 radical (unpaired) electrons. The van der Waals surface area contributed by atoms with Crippen LogP contribution in [0.2, 0.25) is 5.02 Å². The zero-order chi connectivity index (χ0) is 13.3. The van der Waals surface area contributed by atoms with Gasteiger partial charge in [0.25, 0.3) is 0 Å². The number of rotatable bonds is 2. The van der Waals surface area contributed by atoms with Gasteiger partial charge in [0.1, 0.15) is 0 Å². The van der Waals surface area contributed by atoms with E-state index in [2.05, 4.69) is 0 Å². The number of hydrogen-bond donors (Lipinski definition) is 0. The molecule has 0 aliphatic carbocycles. The Kier molecular flexibility index (Phi) is 3.81. The summed E-state index contributed by atoms with van der Waals surface area (Å²) in [6.45, 7) is 6.78. The summed E-state index contributed by atoms with van der Waals surface area (Å²) in [5.41, 5.74) is 1.41. The van der Waals surface area contributed by atoms with Crippen LogP contribution in [0.4, 0.5) is 0 Å². The normalized spacial score (nSPS) is 14.5. The number of hydrogen-bond acceptors (Lipinski definition) is 3. The molecule has 98 valence electrons. The molecule has 4 heteroatoms. The largest absolute Gasteiger partial charge is 0.489 e. The van der Waals surface area contributed by atoms with Gasteiger partial charge >= 0.3 is 0 Å². The maximum absolute atomic E-state index is 11.8. The SMILES string of the molecule is CC(=O)c1c(Cl)cc2c(c1C(C)C)OCCCO2. The van der Waals surface area contributed by atoms with Gasteiger partial charge in [0.15, 0.2) is 17.3 Å². The van der Waals surface area contributed by atoms with E-state index >= 15 is 0 Å². The molecule has 0 spiro atoms. The van der Waals surface area contributed by atoms with E-state index in [0.717, 1.165) is 12.0 Å². The summed E-state index contributed by atoms with van der Waals surface area (Å²) in [4.78, 5) is 11.8. The quantitative estimate of drug-likeness (QED) is 0.765. The van der Waals surface area contributed by atoms with Crippen LogP contribution in [0.3, 0.4) is 0 Å². The van der Waals surface area contributed by atoms with Gasteiger partial charge in [-0.15, -0.1) is 0 Å². The van der Waals surface area contributed by atoms with Crippen LogP contribution in [-0.4, -0.2) is 19.0 Å². The van der Waals surface area contributed by atoms with Crippen LogP contribution in [0.25, 0.3) is 0 Å². The fourth-order valence-electron chi connectivity index (χ4n) is 2.21. The van der Waals surface area contributed by atoms with Gasteiger partial charge < -0.3 is 9.47 Å². The summed E-state index contributed by atoms with van der Waals surface area (Å²) in [5, 5.41) is 0.440. The van der Waals surface area contributed by atoms with Crippen LogP contribution in [0, 0.1) is 0 Å². The Morgan fingerprint density at radius 3 is 2.61 bits per heavy atom. The number of halogens is 1. The zero-order valence-corrected chi connectivity index (χ0v) is 11.6. The van der Waals surface area contributed by atoms with E-state index in [1.54, 1.807) is 6.07 Å². The molecule has 0 unspecified atom stereocenters. The number of Topliss-reactive ketones (excluding diaryl/α,β-unsaturated/α-hetero) is 1. The molecule has 18 heavy (non-hydrogen) atoms. The van der Waals surface area contributed by atoms with Gasteiger partial charge in [0, 0.05) is 23.6 Å². The van der Waals surface area contributed by atoms with E-state index in [1.165, 1.54) is 6.92 Å². The molecule has 0 atom stereocenters. The van der Waals surface area contributed by atoms with Crippen molar-refractivity contribution in [2.75, 3.05) is 13.2 Å². The van der Waals surface area contributed by atoms with Gasteiger partial charge in [-0.2, -0.15) is 0 Å². The van der Waals surface area contributed by atoms with Gasteiger partial charge in [-0.1, -0.05) is 25.4 Å². The second kappa shape index (κ2) is 5.19. The van der Waals surface area contributed by atoms with Crippen LogP contribution in [0.15, 0.2) is 6.07 Å². The lowest BCUT2D eigenvalue weighted by Crippen LogP contribution is -2.07. The van der Waals surface area contributed by atoms with Gasteiger partial charge in [-0.25, -0.2) is 0 Å². The highest BCUT2D eigenvalue weighted by Gasteiger charge is 2.25. The molecule has 0 bridgehead atoms. The first-order valence-corrected chi connectivity index (χ1v) is 6.53. The summed E-state index contributed by atoms with van der Waals surface area (Å²) in [6.07, 6.45) is 0.833. The Labute approximate surface area is 112 Å². The number of ether oxygens (including phenoxy) is 2. The van der Waals surface area contributed by atoms with Crippen LogP contribution in [-0.2, 0) is 0 Å². The number of fused-ring (bicyclic) bond motifs is 1. The maximum atomic E-state index is 11.8. The van der Waals surface area contributed by atoms with Crippen molar-refractivity contribution in [2.24, 2.45) is 0 Å². The number of carbonyl (C=O) groups is 1. The lowest BCUT2D eigenvalue weighted by Gasteiger charge is -2.19. The molecular weight excluding hydrogens is 252 g/mol. The minimum absolute atomic E-state index is 0.0423. The van der Waals surface area contributed by atoms with E-state index in [-0.39, 0.29) is 11.7 Å².